The number of carbonyl (C=O) groups excluding carboxylic acids is 4. The van der Waals surface area contributed by atoms with Crippen molar-refractivity contribution < 1.29 is 58.2 Å². The van der Waals surface area contributed by atoms with E-state index in [9.17, 15) is 34.5 Å². The normalized spacial score (nSPS) is 41.0. The van der Waals surface area contributed by atoms with Crippen molar-refractivity contribution >= 4 is 23.4 Å². The molecule has 2 bridgehead atoms. The molecule has 0 aromatic carbocycles. The van der Waals surface area contributed by atoms with E-state index in [1.807, 2.05) is 32.9 Å². The minimum absolute atomic E-state index is 0.00988. The number of hydrogen-bond acceptors (Lipinski definition) is 12. The minimum Gasteiger partial charge on any atom is -0.456 e. The van der Waals surface area contributed by atoms with Gasteiger partial charge in [-0.25, -0.2) is 4.79 Å². The Labute approximate surface area is 339 Å². The van der Waals surface area contributed by atoms with E-state index in [-0.39, 0.29) is 49.5 Å². The second kappa shape index (κ2) is 21.0. The predicted molar refractivity (Wildman–Crippen MR) is 213 cm³/mol. The van der Waals surface area contributed by atoms with Crippen LogP contribution in [0.4, 0.5) is 0 Å². The molecular weight excluding hydrogens is 734 g/mol. The molecule has 322 valence electrons. The summed E-state index contributed by atoms with van der Waals surface area (Å²) in [6.45, 7) is 13.1. The molecule has 14 atom stereocenters. The molecule has 3 N–H and O–H groups in total. The van der Waals surface area contributed by atoms with E-state index >= 15 is 0 Å². The van der Waals surface area contributed by atoms with Crippen molar-refractivity contribution in [2.24, 2.45) is 29.6 Å². The van der Waals surface area contributed by atoms with Crippen LogP contribution >= 0.6 is 0 Å². The van der Waals surface area contributed by atoms with Crippen LogP contribution in [0.15, 0.2) is 36.0 Å². The molecule has 3 fully saturated rings. The lowest BCUT2D eigenvalue weighted by Gasteiger charge is -2.47. The highest BCUT2D eigenvalue weighted by atomic mass is 16.7. The van der Waals surface area contributed by atoms with Crippen molar-refractivity contribution in [2.45, 2.75) is 160 Å². The van der Waals surface area contributed by atoms with Crippen molar-refractivity contribution in [3.05, 3.63) is 36.0 Å². The van der Waals surface area contributed by atoms with Crippen LogP contribution in [0, 0.1) is 29.6 Å². The molecule has 4 aliphatic rings. The van der Waals surface area contributed by atoms with Crippen molar-refractivity contribution in [1.82, 2.24) is 4.90 Å². The molecule has 13 nitrogen and oxygen atoms in total. The summed E-state index contributed by atoms with van der Waals surface area (Å²) >= 11 is 0. The Hall–Kier alpha value is -2.78. The Morgan fingerprint density at radius 2 is 1.60 bits per heavy atom. The first-order valence-electron chi connectivity index (χ1n) is 20.9. The van der Waals surface area contributed by atoms with Crippen LogP contribution < -0.4 is 0 Å². The lowest BCUT2D eigenvalue weighted by atomic mass is 9.81. The second-order valence-corrected chi connectivity index (χ2v) is 17.3. The Morgan fingerprint density at radius 3 is 2.25 bits per heavy atom. The molecule has 4 rings (SSSR count). The van der Waals surface area contributed by atoms with Gasteiger partial charge in [-0.1, -0.05) is 44.6 Å². The molecule has 0 aromatic heterocycles. The number of fused-ring (bicyclic) bond motifs is 3. The number of piperidine rings is 1. The van der Waals surface area contributed by atoms with Gasteiger partial charge in [0.25, 0.3) is 11.7 Å². The number of esters is 1. The molecule has 2 saturated heterocycles. The van der Waals surface area contributed by atoms with Gasteiger partial charge in [0.2, 0.25) is 5.79 Å². The summed E-state index contributed by atoms with van der Waals surface area (Å²) in [5.41, 5.74) is 1.61. The number of amides is 1. The Bertz CT molecular complexity index is 1480. The van der Waals surface area contributed by atoms with E-state index in [0.717, 1.165) is 5.57 Å². The van der Waals surface area contributed by atoms with E-state index in [0.29, 0.717) is 56.9 Å². The van der Waals surface area contributed by atoms with Crippen LogP contribution in [0.5, 0.6) is 0 Å². The van der Waals surface area contributed by atoms with E-state index in [4.69, 9.17) is 23.7 Å². The van der Waals surface area contributed by atoms with Crippen LogP contribution in [0.1, 0.15) is 105 Å². The lowest BCUT2D eigenvalue weighted by Crippen LogP contribution is -2.64. The number of carbonyl (C=O) groups is 4. The second-order valence-electron chi connectivity index (χ2n) is 17.3. The third-order valence-electron chi connectivity index (χ3n) is 12.9. The zero-order valence-electron chi connectivity index (χ0n) is 35.4. The topological polar surface area (TPSA) is 178 Å². The maximum Gasteiger partial charge on any atom is 0.329 e. The van der Waals surface area contributed by atoms with Crippen molar-refractivity contribution in [1.29, 1.82) is 0 Å². The zero-order valence-corrected chi connectivity index (χ0v) is 35.4. The van der Waals surface area contributed by atoms with Gasteiger partial charge in [-0.15, -0.1) is 6.58 Å². The fraction of sp³-hybridized carbons (Fsp3) is 0.773. The molecular formula is C44H69NO12. The molecule has 0 radical (unpaired) electrons. The number of hydrogen-bond donors (Lipinski definition) is 3. The number of ketones is 2. The monoisotopic (exact) mass is 803 g/mol. The van der Waals surface area contributed by atoms with Gasteiger partial charge < -0.3 is 43.9 Å². The number of ether oxygens (including phenoxy) is 5. The molecule has 13 heteroatoms. The largest absolute Gasteiger partial charge is 0.456 e. The third-order valence-corrected chi connectivity index (χ3v) is 12.9. The smallest absolute Gasteiger partial charge is 0.329 e. The average Bonchev–Trinajstić information content (AvgIpc) is 3.18. The van der Waals surface area contributed by atoms with Gasteiger partial charge >= 0.3 is 5.97 Å². The number of nitrogens with zero attached hydrogens (tertiary/aromatic N) is 1. The van der Waals surface area contributed by atoms with Crippen molar-refractivity contribution in [3.63, 3.8) is 0 Å². The Kier molecular flexibility index (Phi) is 17.2. The van der Waals surface area contributed by atoms with Gasteiger partial charge in [-0.2, -0.15) is 0 Å². The van der Waals surface area contributed by atoms with E-state index in [1.54, 1.807) is 27.0 Å². The molecule has 1 aliphatic carbocycles. The summed E-state index contributed by atoms with van der Waals surface area (Å²) in [6, 6.07) is -1.14. The predicted octanol–water partition coefficient (Wildman–Crippen LogP) is 4.64. The minimum atomic E-state index is -2.51. The molecule has 0 aromatic rings. The summed E-state index contributed by atoms with van der Waals surface area (Å²) in [5, 5.41) is 34.1. The maximum atomic E-state index is 14.3. The lowest BCUT2D eigenvalue weighted by molar-refractivity contribution is -0.302. The van der Waals surface area contributed by atoms with Gasteiger partial charge in [0, 0.05) is 52.0 Å². The van der Waals surface area contributed by atoms with Crippen LogP contribution in [-0.2, 0) is 42.9 Å². The number of aliphatic hydroxyl groups is 3. The quantitative estimate of drug-likeness (QED) is 0.185. The number of allylic oxidation sites excluding steroid dienone is 4. The average molecular weight is 804 g/mol. The third kappa shape index (κ3) is 11.3. The van der Waals surface area contributed by atoms with Gasteiger partial charge in [0.05, 0.1) is 30.5 Å². The molecule has 1 amide bonds. The van der Waals surface area contributed by atoms with E-state index in [1.165, 1.54) is 19.1 Å². The van der Waals surface area contributed by atoms with Gasteiger partial charge in [-0.3, -0.25) is 14.4 Å². The number of rotatable bonds is 7. The number of aliphatic hydroxyl groups excluding tert-OH is 2. The van der Waals surface area contributed by atoms with Crippen LogP contribution in [0.2, 0.25) is 0 Å². The standard InChI is InChI=1S/C44H69NO12/c1-10-13-31-19-25(2)18-26(3)20-37(54-8)40-38(55-9)22-28(5)44(52,57-40)41(49)42(50)45-17-12-11-14-32(45)43(51)56-39(29(6)34(47)24-35(31)48)27(4)21-30-15-16-33(46)36(23-30)53-7/h10,19,21,26,28-34,36-40,46-47,52H,1,11-18,20,22-24H2,2-9H3/b25-19+,27-21+/t26-,28+,29?,30-,31+,32-,33+,34-,36+,37-,38-,39+,40+,44+/m0/s1. The molecule has 1 unspecified atom stereocenters. The first kappa shape index (κ1) is 46.9. The summed E-state index contributed by atoms with van der Waals surface area (Å²) in [5.74, 6) is -7.76. The van der Waals surface area contributed by atoms with Crippen molar-refractivity contribution in [3.8, 4) is 0 Å². The van der Waals surface area contributed by atoms with Crippen LogP contribution in [0.3, 0.4) is 0 Å². The van der Waals surface area contributed by atoms with Gasteiger partial charge in [0.15, 0.2) is 0 Å². The first-order valence-corrected chi connectivity index (χ1v) is 20.9. The summed E-state index contributed by atoms with van der Waals surface area (Å²) in [7, 11) is 4.61. The highest BCUT2D eigenvalue weighted by Gasteiger charge is 2.56. The number of methoxy groups -OCH3 is 3. The fourth-order valence-electron chi connectivity index (χ4n) is 9.42. The van der Waals surface area contributed by atoms with Gasteiger partial charge in [-0.05, 0) is 95.5 Å². The van der Waals surface area contributed by atoms with Crippen molar-refractivity contribution in [2.75, 3.05) is 27.9 Å². The molecule has 3 heterocycles. The molecule has 0 spiro atoms. The molecule has 1 saturated carbocycles. The van der Waals surface area contributed by atoms with E-state index in [2.05, 4.69) is 6.58 Å². The fourth-order valence-corrected chi connectivity index (χ4v) is 9.42. The van der Waals surface area contributed by atoms with E-state index < -0.39 is 83.9 Å². The maximum absolute atomic E-state index is 14.3. The summed E-state index contributed by atoms with van der Waals surface area (Å²) in [4.78, 5) is 57.8. The molecule has 3 aliphatic heterocycles. The Balaban J connectivity index is 1.78. The Morgan fingerprint density at radius 1 is 0.930 bits per heavy atom. The summed E-state index contributed by atoms with van der Waals surface area (Å²) < 4.78 is 29.7. The SMILES string of the molecule is C=CC[C@@H]1/C=C(\C)C[C@H](C)C[C@H](OC)[C@H]2O[C@@](O)(C(=O)C(=O)N3CCCC[C@H]3C(=O)O[C@H](/C(C)=C/[C@@H]3CC[C@@H](O)[C@H](OC)C3)C(C)[C@@H](O)CC1=O)[C@H](C)C[C@@H]2OC. The summed E-state index contributed by atoms with van der Waals surface area (Å²) in [6.07, 6.45) is 4.93. The molecule has 57 heavy (non-hydrogen) atoms. The zero-order chi connectivity index (χ0) is 42.2. The highest BCUT2D eigenvalue weighted by molar-refractivity contribution is 6.39. The van der Waals surface area contributed by atoms with Gasteiger partial charge in [0.1, 0.15) is 24.0 Å². The number of cyclic esters (lactones) is 1. The highest BCUT2D eigenvalue weighted by Crippen LogP contribution is 2.39. The first-order chi connectivity index (χ1) is 27.0. The van der Waals surface area contributed by atoms with Crippen LogP contribution in [0.25, 0.3) is 0 Å². The number of Topliss-reactive ketones (excluding diaryl/α,β-unsaturated/α-hetero) is 2. The van der Waals surface area contributed by atoms with Crippen LogP contribution in [-0.4, -0.2) is 126 Å².